The fourth-order valence-corrected chi connectivity index (χ4v) is 1.54. The van der Waals surface area contributed by atoms with Crippen molar-refractivity contribution in [2.24, 2.45) is 0 Å². The molecule has 0 saturated carbocycles. The van der Waals surface area contributed by atoms with Gasteiger partial charge in [-0.3, -0.25) is 14.3 Å². The summed E-state index contributed by atoms with van der Waals surface area (Å²) in [6.07, 6.45) is 3.52. The van der Waals surface area contributed by atoms with Crippen LogP contribution in [-0.2, 0) is 26.0 Å². The van der Waals surface area contributed by atoms with E-state index in [-0.39, 0.29) is 12.2 Å². The molecule has 0 aliphatic carbocycles. The molecule has 1 amide bonds. The van der Waals surface area contributed by atoms with E-state index in [1.165, 1.54) is 19.3 Å². The number of hydrogen-bond donors (Lipinski definition) is 2. The minimum absolute atomic E-state index is 0.247. The number of aliphatic carboxylic acids is 1. The highest BCUT2D eigenvalue weighted by molar-refractivity contribution is 7.92. The van der Waals surface area contributed by atoms with Crippen LogP contribution in [0.3, 0.4) is 0 Å². The molecule has 1 aromatic heterocycles. The van der Waals surface area contributed by atoms with Crippen LogP contribution in [0, 0.1) is 0 Å². The Morgan fingerprint density at radius 3 is 2.67 bits per heavy atom. The molecule has 0 radical (unpaired) electrons. The largest absolute Gasteiger partial charge is 0.480 e. The third-order valence-electron chi connectivity index (χ3n) is 2.21. The molecule has 0 fully saturated rings. The van der Waals surface area contributed by atoms with Crippen molar-refractivity contribution < 1.29 is 23.1 Å². The first-order valence-corrected chi connectivity index (χ1v) is 6.89. The van der Waals surface area contributed by atoms with Crippen LogP contribution in [0.1, 0.15) is 6.92 Å². The number of aromatic nitrogens is 2. The molecule has 0 saturated heterocycles. The zero-order valence-electron chi connectivity index (χ0n) is 9.82. The number of carbonyl (C=O) groups is 2. The van der Waals surface area contributed by atoms with Crippen molar-refractivity contribution in [1.29, 1.82) is 0 Å². The highest BCUT2D eigenvalue weighted by Gasteiger charge is 2.23. The molecule has 1 unspecified atom stereocenters. The number of carboxylic acid groups (broad SMARTS) is 1. The minimum Gasteiger partial charge on any atom is -0.480 e. The van der Waals surface area contributed by atoms with Gasteiger partial charge in [-0.05, 0) is 6.92 Å². The molecular weight excluding hydrogens is 262 g/mol. The van der Waals surface area contributed by atoms with Crippen LogP contribution in [0.5, 0.6) is 0 Å². The number of carboxylic acids is 1. The summed E-state index contributed by atoms with van der Waals surface area (Å²) in [5.41, 5.74) is 0.247. The zero-order chi connectivity index (χ0) is 13.9. The van der Waals surface area contributed by atoms with Crippen molar-refractivity contribution >= 4 is 27.4 Å². The van der Waals surface area contributed by atoms with E-state index < -0.39 is 27.0 Å². The smallest absolute Gasteiger partial charge is 0.325 e. The predicted octanol–water partition coefficient (Wildman–Crippen LogP) is -0.661. The highest BCUT2D eigenvalue weighted by atomic mass is 32.2. The van der Waals surface area contributed by atoms with Crippen LogP contribution in [0.15, 0.2) is 12.4 Å². The van der Waals surface area contributed by atoms with Gasteiger partial charge in [-0.2, -0.15) is 5.10 Å². The first kappa shape index (κ1) is 14.2. The van der Waals surface area contributed by atoms with E-state index in [2.05, 4.69) is 10.4 Å². The number of nitrogens with one attached hydrogen (secondary N) is 1. The quantitative estimate of drug-likeness (QED) is 0.736. The first-order valence-electron chi connectivity index (χ1n) is 4.94. The third-order valence-corrected chi connectivity index (χ3v) is 3.71. The maximum atomic E-state index is 11.5. The molecule has 18 heavy (non-hydrogen) atoms. The maximum absolute atomic E-state index is 11.5. The summed E-state index contributed by atoms with van der Waals surface area (Å²) in [7, 11) is -3.47. The second-order valence-corrected chi connectivity index (χ2v) is 6.15. The van der Waals surface area contributed by atoms with Crippen LogP contribution >= 0.6 is 0 Å². The number of rotatable bonds is 5. The van der Waals surface area contributed by atoms with Gasteiger partial charge in [0.25, 0.3) is 0 Å². The molecule has 9 heteroatoms. The summed E-state index contributed by atoms with van der Waals surface area (Å²) in [6.45, 7) is 0.934. The van der Waals surface area contributed by atoms with Crippen LogP contribution < -0.4 is 5.32 Å². The van der Waals surface area contributed by atoms with Gasteiger partial charge < -0.3 is 10.4 Å². The van der Waals surface area contributed by atoms with Crippen molar-refractivity contribution in [2.45, 2.75) is 18.7 Å². The number of sulfone groups is 1. The first-order chi connectivity index (χ1) is 8.20. The average Bonchev–Trinajstić information content (AvgIpc) is 2.61. The van der Waals surface area contributed by atoms with Crippen molar-refractivity contribution in [3.8, 4) is 0 Å². The molecule has 100 valence electrons. The Balaban J connectivity index is 2.71. The second kappa shape index (κ2) is 5.17. The summed E-state index contributed by atoms with van der Waals surface area (Å²) >= 11 is 0. The van der Waals surface area contributed by atoms with Crippen LogP contribution in [0.4, 0.5) is 5.69 Å². The summed E-state index contributed by atoms with van der Waals surface area (Å²) in [5, 5.41) is 13.4. The fraction of sp³-hybridized carbons (Fsp3) is 0.444. The molecule has 1 heterocycles. The molecule has 0 aliphatic heterocycles. The summed E-state index contributed by atoms with van der Waals surface area (Å²) in [6, 6.07) is 0. The molecule has 0 bridgehead atoms. The van der Waals surface area contributed by atoms with Crippen molar-refractivity contribution in [1.82, 2.24) is 9.78 Å². The Labute approximate surface area is 104 Å². The molecular formula is C9H13N3O5S. The number of carbonyl (C=O) groups excluding carboxylic acids is 1. The van der Waals surface area contributed by atoms with Gasteiger partial charge in [0.05, 0.1) is 11.9 Å². The van der Waals surface area contributed by atoms with Gasteiger partial charge in [0.1, 0.15) is 11.8 Å². The Bertz CT molecular complexity index is 563. The fourth-order valence-electron chi connectivity index (χ4n) is 1.09. The van der Waals surface area contributed by atoms with E-state index in [0.29, 0.717) is 0 Å². The molecule has 1 aromatic rings. The lowest BCUT2D eigenvalue weighted by molar-refractivity contribution is -0.137. The minimum atomic E-state index is -3.47. The molecule has 1 rings (SSSR count). The highest BCUT2D eigenvalue weighted by Crippen LogP contribution is 2.08. The number of anilines is 1. The summed E-state index contributed by atoms with van der Waals surface area (Å²) in [4.78, 5) is 22.0. The molecule has 1 atom stereocenters. The van der Waals surface area contributed by atoms with Crippen molar-refractivity contribution in [3.63, 3.8) is 0 Å². The van der Waals surface area contributed by atoms with Gasteiger partial charge in [0.15, 0.2) is 9.84 Å². The van der Waals surface area contributed by atoms with Crippen LogP contribution in [-0.4, -0.2) is 46.7 Å². The second-order valence-electron chi connectivity index (χ2n) is 3.78. The van der Waals surface area contributed by atoms with Gasteiger partial charge in [0, 0.05) is 12.5 Å². The molecule has 8 nitrogen and oxygen atoms in total. The van der Waals surface area contributed by atoms with E-state index in [4.69, 9.17) is 5.11 Å². The van der Waals surface area contributed by atoms with Crippen molar-refractivity contribution in [3.05, 3.63) is 12.4 Å². The van der Waals surface area contributed by atoms with E-state index in [1.54, 1.807) is 0 Å². The van der Waals surface area contributed by atoms with Gasteiger partial charge in [-0.1, -0.05) is 0 Å². The molecule has 0 aliphatic rings. The summed E-state index contributed by atoms with van der Waals surface area (Å²) in [5.74, 6) is -1.76. The Morgan fingerprint density at radius 1 is 1.56 bits per heavy atom. The SMILES string of the molecule is CC(C(=O)Nc1cnn(CC(=O)O)c1)S(C)(=O)=O. The van der Waals surface area contributed by atoms with Gasteiger partial charge in [-0.25, -0.2) is 8.42 Å². The van der Waals surface area contributed by atoms with E-state index >= 15 is 0 Å². The van der Waals surface area contributed by atoms with E-state index in [0.717, 1.165) is 10.9 Å². The van der Waals surface area contributed by atoms with E-state index in [1.807, 2.05) is 0 Å². The zero-order valence-corrected chi connectivity index (χ0v) is 10.6. The van der Waals surface area contributed by atoms with Gasteiger partial charge in [-0.15, -0.1) is 0 Å². The monoisotopic (exact) mass is 275 g/mol. The third kappa shape index (κ3) is 3.84. The lowest BCUT2D eigenvalue weighted by atomic mass is 10.4. The van der Waals surface area contributed by atoms with Crippen LogP contribution in [0.25, 0.3) is 0 Å². The van der Waals surface area contributed by atoms with Crippen molar-refractivity contribution in [2.75, 3.05) is 11.6 Å². The topological polar surface area (TPSA) is 118 Å². The Hall–Kier alpha value is -1.90. The maximum Gasteiger partial charge on any atom is 0.325 e. The number of nitrogens with zero attached hydrogens (tertiary/aromatic N) is 2. The number of amides is 1. The predicted molar refractivity (Wildman–Crippen MR) is 62.8 cm³/mol. The van der Waals surface area contributed by atoms with Gasteiger partial charge in [0.2, 0.25) is 5.91 Å². The Kier molecular flexibility index (Phi) is 4.07. The number of hydrogen-bond acceptors (Lipinski definition) is 5. The van der Waals surface area contributed by atoms with E-state index in [9.17, 15) is 18.0 Å². The van der Waals surface area contributed by atoms with Gasteiger partial charge >= 0.3 is 5.97 Å². The lowest BCUT2D eigenvalue weighted by Crippen LogP contribution is -2.31. The molecule has 2 N–H and O–H groups in total. The average molecular weight is 275 g/mol. The van der Waals surface area contributed by atoms with Crippen LogP contribution in [0.2, 0.25) is 0 Å². The molecule has 0 aromatic carbocycles. The lowest BCUT2D eigenvalue weighted by Gasteiger charge is -2.08. The normalized spacial score (nSPS) is 13.0. The standard InChI is InChI=1S/C9H13N3O5S/c1-6(18(2,16)17)9(15)11-7-3-10-12(4-7)5-8(13)14/h3-4,6H,5H2,1-2H3,(H,11,15)(H,13,14). The molecule has 0 spiro atoms. The Morgan fingerprint density at radius 2 is 2.17 bits per heavy atom. The summed E-state index contributed by atoms with van der Waals surface area (Å²) < 4.78 is 23.4.